The van der Waals surface area contributed by atoms with Crippen LogP contribution in [0.15, 0.2) is 54.7 Å². The summed E-state index contributed by atoms with van der Waals surface area (Å²) < 4.78 is 0. The molecule has 3 rings (SSSR count). The fraction of sp³-hybridized carbons (Fsp3) is 0.316. The molecule has 0 spiro atoms. The maximum absolute atomic E-state index is 13.3. The van der Waals surface area contributed by atoms with Crippen molar-refractivity contribution in [2.75, 3.05) is 5.32 Å². The first kappa shape index (κ1) is 16.2. The predicted octanol–water partition coefficient (Wildman–Crippen LogP) is 2.95. The Labute approximate surface area is 141 Å². The summed E-state index contributed by atoms with van der Waals surface area (Å²) in [6, 6.07) is 14.8. The van der Waals surface area contributed by atoms with Crippen LogP contribution in [0.1, 0.15) is 32.8 Å². The maximum Gasteiger partial charge on any atom is 0.260 e. The van der Waals surface area contributed by atoms with Crippen LogP contribution in [0.5, 0.6) is 0 Å². The first-order valence-electron chi connectivity index (χ1n) is 7.97. The van der Waals surface area contributed by atoms with Crippen molar-refractivity contribution in [3.05, 3.63) is 60.3 Å². The maximum atomic E-state index is 13.3. The highest BCUT2D eigenvalue weighted by atomic mass is 16.2. The summed E-state index contributed by atoms with van der Waals surface area (Å²) in [6.07, 6.45) is 1.73. The van der Waals surface area contributed by atoms with Crippen LogP contribution >= 0.6 is 0 Å². The van der Waals surface area contributed by atoms with Crippen molar-refractivity contribution in [2.45, 2.75) is 38.3 Å². The monoisotopic (exact) mass is 323 g/mol. The summed E-state index contributed by atoms with van der Waals surface area (Å²) in [5.41, 5.74) is -0.933. The second-order valence-corrected chi connectivity index (χ2v) is 6.99. The summed E-state index contributed by atoms with van der Waals surface area (Å²) in [5.74, 6) is 0.148. The van der Waals surface area contributed by atoms with E-state index in [9.17, 15) is 9.59 Å². The Morgan fingerprint density at radius 3 is 2.25 bits per heavy atom. The van der Waals surface area contributed by atoms with Crippen LogP contribution in [0.25, 0.3) is 0 Å². The number of carbonyl (C=O) groups excluding carboxylic acids is 2. The number of rotatable bonds is 3. The first-order valence-corrected chi connectivity index (χ1v) is 7.97. The van der Waals surface area contributed by atoms with Crippen LogP contribution in [0.3, 0.4) is 0 Å². The summed E-state index contributed by atoms with van der Waals surface area (Å²) in [7, 11) is 0. The average Bonchev–Trinajstić information content (AvgIpc) is 2.80. The Morgan fingerprint density at radius 2 is 1.71 bits per heavy atom. The van der Waals surface area contributed by atoms with Gasteiger partial charge in [0.25, 0.3) is 5.91 Å². The number of benzene rings is 1. The third-order valence-electron chi connectivity index (χ3n) is 4.18. The van der Waals surface area contributed by atoms with E-state index in [0.29, 0.717) is 5.82 Å². The number of hydrogen-bond acceptors (Lipinski definition) is 4. The second kappa shape index (κ2) is 5.74. The molecule has 124 valence electrons. The summed E-state index contributed by atoms with van der Waals surface area (Å²) >= 11 is 0. The van der Waals surface area contributed by atoms with Gasteiger partial charge in [0.1, 0.15) is 5.82 Å². The minimum Gasteiger partial charge on any atom is -0.352 e. The average molecular weight is 323 g/mol. The van der Waals surface area contributed by atoms with E-state index in [4.69, 9.17) is 0 Å². The molecular weight excluding hydrogens is 302 g/mol. The highest BCUT2D eigenvalue weighted by Gasteiger charge is 2.55. The number of nitrogens with zero attached hydrogens (tertiary/aromatic N) is 2. The predicted molar refractivity (Wildman–Crippen MR) is 92.2 cm³/mol. The minimum atomic E-state index is -1.13. The molecule has 2 heterocycles. The van der Waals surface area contributed by atoms with E-state index in [-0.39, 0.29) is 18.2 Å². The molecule has 1 atom stereocenters. The van der Waals surface area contributed by atoms with Gasteiger partial charge in [0.15, 0.2) is 5.54 Å². The molecule has 1 fully saturated rings. The van der Waals surface area contributed by atoms with Crippen molar-refractivity contribution in [3.8, 4) is 0 Å². The van der Waals surface area contributed by atoms with Crippen molar-refractivity contribution < 1.29 is 9.59 Å². The molecule has 1 aliphatic heterocycles. The van der Waals surface area contributed by atoms with Crippen molar-refractivity contribution >= 4 is 17.6 Å². The normalized spacial score (nSPS) is 21.2. The van der Waals surface area contributed by atoms with Gasteiger partial charge >= 0.3 is 0 Å². The van der Waals surface area contributed by atoms with Gasteiger partial charge in [-0.05, 0) is 38.5 Å². The zero-order chi connectivity index (χ0) is 17.4. The Kier molecular flexibility index (Phi) is 3.87. The van der Waals surface area contributed by atoms with E-state index in [2.05, 4.69) is 10.3 Å². The van der Waals surface area contributed by atoms with Crippen LogP contribution in [0.4, 0.5) is 5.82 Å². The first-order chi connectivity index (χ1) is 11.3. The number of amides is 2. The smallest absolute Gasteiger partial charge is 0.260 e. The molecule has 1 saturated heterocycles. The fourth-order valence-corrected chi connectivity index (χ4v) is 3.14. The second-order valence-electron chi connectivity index (χ2n) is 6.99. The molecule has 0 bridgehead atoms. The largest absolute Gasteiger partial charge is 0.352 e. The van der Waals surface area contributed by atoms with Gasteiger partial charge in [0.05, 0.1) is 6.42 Å². The van der Waals surface area contributed by atoms with E-state index in [0.717, 1.165) is 5.56 Å². The van der Waals surface area contributed by atoms with E-state index < -0.39 is 11.1 Å². The molecule has 1 aliphatic rings. The molecule has 0 aliphatic carbocycles. The van der Waals surface area contributed by atoms with Crippen LogP contribution in [0, 0.1) is 0 Å². The number of pyridine rings is 1. The lowest BCUT2D eigenvalue weighted by molar-refractivity contribution is -0.145. The van der Waals surface area contributed by atoms with E-state index in [1.165, 1.54) is 4.90 Å². The number of likely N-dealkylation sites (tertiary alicyclic amines) is 1. The van der Waals surface area contributed by atoms with E-state index in [1.54, 1.807) is 12.3 Å². The molecule has 2 aromatic rings. The van der Waals surface area contributed by atoms with Gasteiger partial charge in [-0.1, -0.05) is 36.4 Å². The van der Waals surface area contributed by atoms with Crippen molar-refractivity contribution in [1.29, 1.82) is 0 Å². The van der Waals surface area contributed by atoms with Gasteiger partial charge in [-0.25, -0.2) is 4.98 Å². The van der Waals surface area contributed by atoms with Gasteiger partial charge in [0, 0.05) is 11.7 Å². The van der Waals surface area contributed by atoms with Crippen molar-refractivity contribution in [3.63, 3.8) is 0 Å². The third kappa shape index (κ3) is 2.66. The molecule has 1 N–H and O–H groups in total. The van der Waals surface area contributed by atoms with Crippen molar-refractivity contribution in [1.82, 2.24) is 9.88 Å². The molecule has 0 radical (unpaired) electrons. The highest BCUT2D eigenvalue weighted by Crippen LogP contribution is 2.40. The molecule has 24 heavy (non-hydrogen) atoms. The molecule has 5 heteroatoms. The summed E-state index contributed by atoms with van der Waals surface area (Å²) in [4.78, 5) is 31.6. The number of anilines is 1. The van der Waals surface area contributed by atoms with Gasteiger partial charge in [-0.15, -0.1) is 0 Å². The Morgan fingerprint density at radius 1 is 1.04 bits per heavy atom. The standard InChI is InChI=1S/C19H21N3O2/c1-18(2,3)22-16(23)13-19(17(22)24,14-9-5-4-6-10-14)21-15-11-7-8-12-20-15/h4-12H,13H2,1-3H3,(H,20,21). The van der Waals surface area contributed by atoms with Crippen LogP contribution in [-0.4, -0.2) is 27.2 Å². The minimum absolute atomic E-state index is 0.0731. The van der Waals surface area contributed by atoms with Gasteiger partial charge < -0.3 is 5.32 Å². The molecule has 0 saturated carbocycles. The molecule has 1 aromatic carbocycles. The van der Waals surface area contributed by atoms with Crippen LogP contribution in [0.2, 0.25) is 0 Å². The van der Waals surface area contributed by atoms with Gasteiger partial charge in [0.2, 0.25) is 5.91 Å². The van der Waals surface area contributed by atoms with Crippen LogP contribution in [-0.2, 0) is 15.1 Å². The molecule has 2 amide bonds. The Balaban J connectivity index is 2.11. The molecule has 1 unspecified atom stereocenters. The SMILES string of the molecule is CC(C)(C)N1C(=O)CC(Nc2ccccn2)(c2ccccc2)C1=O. The molecule has 1 aromatic heterocycles. The number of carbonyl (C=O) groups is 2. The molecular formula is C19H21N3O2. The van der Waals surface area contributed by atoms with Gasteiger partial charge in [-0.2, -0.15) is 0 Å². The lowest BCUT2D eigenvalue weighted by atomic mass is 9.87. The van der Waals surface area contributed by atoms with E-state index >= 15 is 0 Å². The fourth-order valence-electron chi connectivity index (χ4n) is 3.14. The van der Waals surface area contributed by atoms with Crippen molar-refractivity contribution in [2.24, 2.45) is 0 Å². The molecule has 5 nitrogen and oxygen atoms in total. The number of imide groups is 1. The lowest BCUT2D eigenvalue weighted by Crippen LogP contribution is -2.50. The zero-order valence-corrected chi connectivity index (χ0v) is 14.1. The topological polar surface area (TPSA) is 62.3 Å². The number of aromatic nitrogens is 1. The number of hydrogen-bond donors (Lipinski definition) is 1. The lowest BCUT2D eigenvalue weighted by Gasteiger charge is -2.34. The quantitative estimate of drug-likeness (QED) is 0.882. The summed E-state index contributed by atoms with van der Waals surface area (Å²) in [6.45, 7) is 5.60. The Hall–Kier alpha value is -2.69. The third-order valence-corrected chi connectivity index (χ3v) is 4.18. The zero-order valence-electron chi connectivity index (χ0n) is 14.1. The van der Waals surface area contributed by atoms with Gasteiger partial charge in [-0.3, -0.25) is 14.5 Å². The Bertz CT molecular complexity index is 753. The highest BCUT2D eigenvalue weighted by molar-refractivity contribution is 6.10. The van der Waals surface area contributed by atoms with E-state index in [1.807, 2.05) is 63.2 Å². The summed E-state index contributed by atoms with van der Waals surface area (Å²) in [5, 5.41) is 3.23. The van der Waals surface area contributed by atoms with Crippen LogP contribution < -0.4 is 5.32 Å². The number of nitrogens with one attached hydrogen (secondary N) is 1.